The summed E-state index contributed by atoms with van der Waals surface area (Å²) in [5, 5.41) is 2.87. The quantitative estimate of drug-likeness (QED) is 0.814. The molecule has 0 aliphatic carbocycles. The summed E-state index contributed by atoms with van der Waals surface area (Å²) < 4.78 is 15.7. The van der Waals surface area contributed by atoms with E-state index in [4.69, 9.17) is 0 Å². The molecule has 1 saturated heterocycles. The number of nitrogens with one attached hydrogen (secondary N) is 1. The van der Waals surface area contributed by atoms with Crippen molar-refractivity contribution in [3.05, 3.63) is 48.3 Å². The number of anilines is 1. The Hall–Kier alpha value is -2.70. The van der Waals surface area contributed by atoms with E-state index >= 15 is 0 Å². The predicted molar refractivity (Wildman–Crippen MR) is 91.5 cm³/mol. The molecule has 0 spiro atoms. The standard InChI is InChI=1S/C18H21FN4O2/c1-13-3-4-15(10-16(13)19)23-11-14(9-17(23)24)18(25)21-5-2-7-22-8-6-20-12-22/h3-4,6,8,10,12,14H,2,5,7,9,11H2,1H3,(H,21,25)/t14-/m0/s1. The van der Waals surface area contributed by atoms with E-state index in [2.05, 4.69) is 10.3 Å². The second-order valence-electron chi connectivity index (χ2n) is 6.28. The van der Waals surface area contributed by atoms with Crippen LogP contribution in [0.2, 0.25) is 0 Å². The van der Waals surface area contributed by atoms with E-state index in [-0.39, 0.29) is 30.6 Å². The van der Waals surface area contributed by atoms with E-state index in [1.54, 1.807) is 31.6 Å². The zero-order valence-corrected chi connectivity index (χ0v) is 14.1. The lowest BCUT2D eigenvalue weighted by Crippen LogP contribution is -2.33. The van der Waals surface area contributed by atoms with Crippen molar-refractivity contribution in [1.82, 2.24) is 14.9 Å². The fraction of sp³-hybridized carbons (Fsp3) is 0.389. The van der Waals surface area contributed by atoms with Crippen LogP contribution in [0.3, 0.4) is 0 Å². The number of benzene rings is 1. The summed E-state index contributed by atoms with van der Waals surface area (Å²) in [6.45, 7) is 3.28. The van der Waals surface area contributed by atoms with Crippen LogP contribution in [0.5, 0.6) is 0 Å². The third-order valence-corrected chi connectivity index (χ3v) is 4.41. The van der Waals surface area contributed by atoms with Gasteiger partial charge in [0, 0.05) is 44.1 Å². The molecule has 0 saturated carbocycles. The minimum atomic E-state index is -0.398. The predicted octanol–water partition coefficient (Wildman–Crippen LogP) is 1.89. The number of halogens is 1. The third-order valence-electron chi connectivity index (χ3n) is 4.41. The molecule has 132 valence electrons. The van der Waals surface area contributed by atoms with Gasteiger partial charge >= 0.3 is 0 Å². The van der Waals surface area contributed by atoms with Crippen LogP contribution >= 0.6 is 0 Å². The van der Waals surface area contributed by atoms with Crippen molar-refractivity contribution in [1.29, 1.82) is 0 Å². The second-order valence-corrected chi connectivity index (χ2v) is 6.28. The van der Waals surface area contributed by atoms with Crippen LogP contribution in [0, 0.1) is 18.7 Å². The minimum absolute atomic E-state index is 0.130. The first-order chi connectivity index (χ1) is 12.0. The molecule has 1 aromatic carbocycles. The van der Waals surface area contributed by atoms with Gasteiger partial charge in [-0.2, -0.15) is 0 Å². The van der Waals surface area contributed by atoms with Crippen molar-refractivity contribution in [2.45, 2.75) is 26.3 Å². The number of hydrogen-bond acceptors (Lipinski definition) is 3. The smallest absolute Gasteiger partial charge is 0.227 e. The van der Waals surface area contributed by atoms with Crippen molar-refractivity contribution in [2.24, 2.45) is 5.92 Å². The molecule has 1 aliphatic heterocycles. The number of rotatable bonds is 6. The zero-order chi connectivity index (χ0) is 17.8. The molecule has 0 radical (unpaired) electrons. The minimum Gasteiger partial charge on any atom is -0.356 e. The molecule has 0 bridgehead atoms. The SMILES string of the molecule is Cc1ccc(N2C[C@@H](C(=O)NCCCn3ccnc3)CC2=O)cc1F. The maximum atomic E-state index is 13.7. The Morgan fingerprint density at radius 2 is 2.28 bits per heavy atom. The first-order valence-corrected chi connectivity index (χ1v) is 8.34. The van der Waals surface area contributed by atoms with Gasteiger partial charge in [-0.25, -0.2) is 9.37 Å². The molecule has 0 unspecified atom stereocenters. The molecule has 6 nitrogen and oxygen atoms in total. The van der Waals surface area contributed by atoms with Crippen LogP contribution in [-0.2, 0) is 16.1 Å². The molecule has 1 fully saturated rings. The van der Waals surface area contributed by atoms with Crippen LogP contribution in [0.15, 0.2) is 36.9 Å². The molecule has 2 heterocycles. The Balaban J connectivity index is 1.51. The van der Waals surface area contributed by atoms with Crippen molar-refractivity contribution >= 4 is 17.5 Å². The Kier molecular flexibility index (Phi) is 5.11. The summed E-state index contributed by atoms with van der Waals surface area (Å²) in [6, 6.07) is 4.70. The van der Waals surface area contributed by atoms with Crippen LogP contribution in [-0.4, -0.2) is 34.5 Å². The fourth-order valence-corrected chi connectivity index (χ4v) is 2.92. The molecular weight excluding hydrogens is 323 g/mol. The molecule has 1 N–H and O–H groups in total. The molecule has 2 amide bonds. The number of imidazole rings is 1. The highest BCUT2D eigenvalue weighted by atomic mass is 19.1. The first-order valence-electron chi connectivity index (χ1n) is 8.34. The van der Waals surface area contributed by atoms with E-state index in [0.717, 1.165) is 13.0 Å². The maximum Gasteiger partial charge on any atom is 0.227 e. The van der Waals surface area contributed by atoms with Gasteiger partial charge in [0.05, 0.1) is 12.2 Å². The number of nitrogens with zero attached hydrogens (tertiary/aromatic N) is 3. The van der Waals surface area contributed by atoms with Crippen LogP contribution < -0.4 is 10.2 Å². The van der Waals surface area contributed by atoms with Crippen molar-refractivity contribution in [3.63, 3.8) is 0 Å². The summed E-state index contributed by atoms with van der Waals surface area (Å²) >= 11 is 0. The van der Waals surface area contributed by atoms with Crippen LogP contribution in [0.4, 0.5) is 10.1 Å². The van der Waals surface area contributed by atoms with Gasteiger partial charge in [-0.15, -0.1) is 0 Å². The van der Waals surface area contributed by atoms with E-state index < -0.39 is 5.92 Å². The van der Waals surface area contributed by atoms with Gasteiger partial charge in [0.1, 0.15) is 5.82 Å². The number of hydrogen-bond donors (Lipinski definition) is 1. The number of amides is 2. The first kappa shape index (κ1) is 17.1. The van der Waals surface area contributed by atoms with E-state index in [1.165, 1.54) is 11.0 Å². The topological polar surface area (TPSA) is 67.2 Å². The Labute approximate surface area is 145 Å². The largest absolute Gasteiger partial charge is 0.356 e. The van der Waals surface area contributed by atoms with Crippen molar-refractivity contribution in [2.75, 3.05) is 18.0 Å². The van der Waals surface area contributed by atoms with Crippen LogP contribution in [0.1, 0.15) is 18.4 Å². The molecule has 1 atom stereocenters. The number of aromatic nitrogens is 2. The summed E-state index contributed by atoms with van der Waals surface area (Å²) in [7, 11) is 0. The highest BCUT2D eigenvalue weighted by Gasteiger charge is 2.35. The summed E-state index contributed by atoms with van der Waals surface area (Å²) in [4.78, 5) is 29.9. The molecule has 1 aromatic heterocycles. The van der Waals surface area contributed by atoms with E-state index in [1.807, 2.05) is 10.8 Å². The molecule has 1 aliphatic rings. The highest BCUT2D eigenvalue weighted by molar-refractivity contribution is 6.00. The molecule has 2 aromatic rings. The van der Waals surface area contributed by atoms with Gasteiger partial charge in [0.2, 0.25) is 11.8 Å². The van der Waals surface area contributed by atoms with Gasteiger partial charge in [-0.3, -0.25) is 9.59 Å². The number of carbonyl (C=O) groups is 2. The summed E-state index contributed by atoms with van der Waals surface area (Å²) in [6.07, 6.45) is 6.26. The van der Waals surface area contributed by atoms with Gasteiger partial charge < -0.3 is 14.8 Å². The van der Waals surface area contributed by atoms with Crippen molar-refractivity contribution in [3.8, 4) is 0 Å². The zero-order valence-electron chi connectivity index (χ0n) is 14.1. The number of aryl methyl sites for hydroxylation is 2. The lowest BCUT2D eigenvalue weighted by atomic mass is 10.1. The van der Waals surface area contributed by atoms with E-state index in [0.29, 0.717) is 17.8 Å². The lowest BCUT2D eigenvalue weighted by molar-refractivity contribution is -0.126. The maximum absolute atomic E-state index is 13.7. The van der Waals surface area contributed by atoms with Gasteiger partial charge in [0.25, 0.3) is 0 Å². The average Bonchev–Trinajstić information content (AvgIpc) is 3.23. The van der Waals surface area contributed by atoms with Crippen LogP contribution in [0.25, 0.3) is 0 Å². The Bertz CT molecular complexity index is 760. The molecule has 25 heavy (non-hydrogen) atoms. The molecule has 3 rings (SSSR count). The fourth-order valence-electron chi connectivity index (χ4n) is 2.92. The second kappa shape index (κ2) is 7.46. The number of carbonyl (C=O) groups excluding carboxylic acids is 2. The average molecular weight is 344 g/mol. The van der Waals surface area contributed by atoms with Gasteiger partial charge in [-0.05, 0) is 31.0 Å². The lowest BCUT2D eigenvalue weighted by Gasteiger charge is -2.17. The summed E-state index contributed by atoms with van der Waals surface area (Å²) in [5.41, 5.74) is 1.03. The molecular formula is C18H21FN4O2. The van der Waals surface area contributed by atoms with Crippen molar-refractivity contribution < 1.29 is 14.0 Å². The monoisotopic (exact) mass is 344 g/mol. The normalized spacial score (nSPS) is 17.1. The van der Waals surface area contributed by atoms with Gasteiger partial charge in [0.15, 0.2) is 0 Å². The Morgan fingerprint density at radius 3 is 3.00 bits per heavy atom. The summed E-state index contributed by atoms with van der Waals surface area (Å²) in [5.74, 6) is -1.03. The third kappa shape index (κ3) is 4.04. The highest BCUT2D eigenvalue weighted by Crippen LogP contribution is 2.26. The molecule has 7 heteroatoms. The van der Waals surface area contributed by atoms with E-state index in [9.17, 15) is 14.0 Å². The van der Waals surface area contributed by atoms with Gasteiger partial charge in [-0.1, -0.05) is 6.07 Å². The Morgan fingerprint density at radius 1 is 1.44 bits per heavy atom.